The average Bonchev–Trinajstić information content (AvgIpc) is 3.19. The van der Waals surface area contributed by atoms with Gasteiger partial charge in [-0.15, -0.1) is 0 Å². The fourth-order valence-electron chi connectivity index (χ4n) is 5.29. The van der Waals surface area contributed by atoms with E-state index in [-0.39, 0.29) is 29.1 Å². The molecule has 1 aromatic rings. The molecule has 2 aliphatic carbocycles. The Hall–Kier alpha value is -3.65. The summed E-state index contributed by atoms with van der Waals surface area (Å²) in [6, 6.07) is 9.68. The molecular formula is C25H22FN3O4. The standard InChI is InChI=1S/C25H22FN3O4/c26-20-18(28-10-8-27-17(13-28)14-5-2-1-3-6-14)11-15-7-4-9-29-19-12-16(25(31)32)22(30)23(19)33-24(20)21(15)29/h1-7,11-12,15,17,21,27H,8-10,13H2,(H,31,32). The number of piperazine rings is 1. The van der Waals surface area contributed by atoms with Gasteiger partial charge in [-0.1, -0.05) is 42.5 Å². The Kier molecular flexibility index (Phi) is 4.51. The Balaban J connectivity index is 1.36. The van der Waals surface area contributed by atoms with Crippen LogP contribution in [0.15, 0.2) is 88.9 Å². The summed E-state index contributed by atoms with van der Waals surface area (Å²) >= 11 is 0. The molecule has 6 rings (SSSR count). The summed E-state index contributed by atoms with van der Waals surface area (Å²) in [6.45, 7) is 2.39. The van der Waals surface area contributed by atoms with Crippen molar-refractivity contribution in [3.8, 4) is 0 Å². The monoisotopic (exact) mass is 447 g/mol. The van der Waals surface area contributed by atoms with Crippen LogP contribution in [0, 0.1) is 5.92 Å². The summed E-state index contributed by atoms with van der Waals surface area (Å²) in [5.74, 6) is -2.70. The van der Waals surface area contributed by atoms with Gasteiger partial charge in [0.2, 0.25) is 5.78 Å². The average molecular weight is 447 g/mol. The van der Waals surface area contributed by atoms with Crippen molar-refractivity contribution in [3.05, 3.63) is 94.5 Å². The molecule has 0 amide bonds. The summed E-state index contributed by atoms with van der Waals surface area (Å²) < 4.78 is 21.8. The third kappa shape index (κ3) is 3.05. The second kappa shape index (κ2) is 7.45. The third-order valence-electron chi connectivity index (χ3n) is 6.86. The number of nitrogens with one attached hydrogen (secondary N) is 1. The molecule has 2 N–H and O–H groups in total. The molecule has 0 aromatic heterocycles. The molecule has 1 aromatic carbocycles. The van der Waals surface area contributed by atoms with E-state index in [1.54, 1.807) is 0 Å². The van der Waals surface area contributed by atoms with Crippen molar-refractivity contribution in [2.45, 2.75) is 12.1 Å². The van der Waals surface area contributed by atoms with Gasteiger partial charge in [-0.05, 0) is 17.7 Å². The molecule has 1 fully saturated rings. The molecule has 5 aliphatic rings. The SMILES string of the molecule is O=C(O)C1=CC2=C(OC3=C(F)C(N4CCNC(c5ccccc5)C4)=CC4C=CCN2C34)C1=O. The third-order valence-corrected chi connectivity index (χ3v) is 6.86. The molecule has 33 heavy (non-hydrogen) atoms. The number of fused-ring (bicyclic) bond motifs is 1. The summed E-state index contributed by atoms with van der Waals surface area (Å²) in [7, 11) is 0. The van der Waals surface area contributed by atoms with E-state index < -0.39 is 23.6 Å². The number of benzene rings is 1. The van der Waals surface area contributed by atoms with Gasteiger partial charge in [0.1, 0.15) is 11.6 Å². The summed E-state index contributed by atoms with van der Waals surface area (Å²) in [6.07, 6.45) is 7.25. The largest absolute Gasteiger partial charge is 0.478 e. The number of carboxylic acids is 1. The highest BCUT2D eigenvalue weighted by molar-refractivity contribution is 6.25. The van der Waals surface area contributed by atoms with Crippen LogP contribution in [0.4, 0.5) is 4.39 Å². The Labute approximate surface area is 189 Å². The van der Waals surface area contributed by atoms with Crippen LogP contribution in [-0.4, -0.2) is 58.9 Å². The van der Waals surface area contributed by atoms with Crippen molar-refractivity contribution in [2.24, 2.45) is 5.92 Å². The quantitative estimate of drug-likeness (QED) is 0.544. The minimum atomic E-state index is -1.31. The zero-order chi connectivity index (χ0) is 22.7. The van der Waals surface area contributed by atoms with E-state index in [4.69, 9.17) is 4.74 Å². The molecule has 8 heteroatoms. The highest BCUT2D eigenvalue weighted by Gasteiger charge is 2.48. The topological polar surface area (TPSA) is 82.1 Å². The molecule has 0 bridgehead atoms. The Morgan fingerprint density at radius 3 is 2.85 bits per heavy atom. The highest BCUT2D eigenvalue weighted by Crippen LogP contribution is 2.46. The van der Waals surface area contributed by atoms with Crippen LogP contribution in [0.5, 0.6) is 0 Å². The lowest BCUT2D eigenvalue weighted by molar-refractivity contribution is -0.134. The number of rotatable bonds is 3. The lowest BCUT2D eigenvalue weighted by Crippen LogP contribution is -2.50. The number of carboxylic acid groups (broad SMARTS) is 1. The molecule has 3 heterocycles. The van der Waals surface area contributed by atoms with Gasteiger partial charge in [0, 0.05) is 38.1 Å². The van der Waals surface area contributed by atoms with Gasteiger partial charge in [-0.2, -0.15) is 0 Å². The van der Waals surface area contributed by atoms with Crippen molar-refractivity contribution >= 4 is 11.8 Å². The second-order valence-corrected chi connectivity index (χ2v) is 8.70. The number of ether oxygens (including phenoxy) is 1. The maximum Gasteiger partial charge on any atom is 0.339 e. The number of aliphatic carboxylic acids is 1. The predicted octanol–water partition coefficient (Wildman–Crippen LogP) is 2.40. The summed E-state index contributed by atoms with van der Waals surface area (Å²) in [5, 5.41) is 12.9. The first-order valence-corrected chi connectivity index (χ1v) is 11.0. The van der Waals surface area contributed by atoms with Crippen molar-refractivity contribution in [1.29, 1.82) is 0 Å². The number of allylic oxidation sites excluding steroid dienone is 3. The maximum atomic E-state index is 16.0. The number of hydrogen-bond donors (Lipinski definition) is 2. The van der Waals surface area contributed by atoms with Crippen LogP contribution in [0.3, 0.4) is 0 Å². The molecule has 0 radical (unpaired) electrons. The lowest BCUT2D eigenvalue weighted by Gasteiger charge is -2.46. The molecule has 3 atom stereocenters. The number of nitrogens with zero attached hydrogens (tertiary/aromatic N) is 2. The smallest absolute Gasteiger partial charge is 0.339 e. The Morgan fingerprint density at radius 2 is 2.06 bits per heavy atom. The van der Waals surface area contributed by atoms with Crippen LogP contribution >= 0.6 is 0 Å². The first-order valence-electron chi connectivity index (χ1n) is 11.0. The fourth-order valence-corrected chi connectivity index (χ4v) is 5.29. The maximum absolute atomic E-state index is 16.0. The lowest BCUT2D eigenvalue weighted by atomic mass is 9.85. The Morgan fingerprint density at radius 1 is 1.24 bits per heavy atom. The first-order chi connectivity index (χ1) is 16.0. The van der Waals surface area contributed by atoms with Gasteiger partial charge in [-0.25, -0.2) is 9.18 Å². The van der Waals surface area contributed by atoms with E-state index in [9.17, 15) is 14.7 Å². The van der Waals surface area contributed by atoms with Gasteiger partial charge in [0.05, 0.1) is 11.4 Å². The number of ketones is 1. The van der Waals surface area contributed by atoms with Gasteiger partial charge in [0.15, 0.2) is 17.3 Å². The van der Waals surface area contributed by atoms with E-state index in [2.05, 4.69) is 17.4 Å². The molecule has 0 spiro atoms. The van der Waals surface area contributed by atoms with Crippen LogP contribution in [-0.2, 0) is 14.3 Å². The van der Waals surface area contributed by atoms with Crippen molar-refractivity contribution in [2.75, 3.05) is 26.2 Å². The predicted molar refractivity (Wildman–Crippen MR) is 117 cm³/mol. The molecule has 1 saturated heterocycles. The van der Waals surface area contributed by atoms with Crippen molar-refractivity contribution < 1.29 is 23.8 Å². The van der Waals surface area contributed by atoms with E-state index in [0.717, 1.165) is 5.56 Å². The number of carbonyl (C=O) groups is 2. The van der Waals surface area contributed by atoms with E-state index in [1.165, 1.54) is 6.08 Å². The van der Waals surface area contributed by atoms with Gasteiger partial charge in [-0.3, -0.25) is 4.79 Å². The number of Topliss-reactive ketones (excluding diaryl/α,β-unsaturated/α-hetero) is 1. The second-order valence-electron chi connectivity index (χ2n) is 8.70. The van der Waals surface area contributed by atoms with Crippen LogP contribution in [0.2, 0.25) is 0 Å². The highest BCUT2D eigenvalue weighted by atomic mass is 19.1. The zero-order valence-electron chi connectivity index (χ0n) is 17.7. The Bertz CT molecular complexity index is 1210. The van der Waals surface area contributed by atoms with Crippen molar-refractivity contribution in [3.63, 3.8) is 0 Å². The molecule has 7 nitrogen and oxygen atoms in total. The fraction of sp³-hybridized carbons (Fsp3) is 0.280. The normalized spacial score (nSPS) is 28.3. The first kappa shape index (κ1) is 20.0. The van der Waals surface area contributed by atoms with E-state index in [1.807, 2.05) is 46.2 Å². The molecule has 3 aliphatic heterocycles. The summed E-state index contributed by atoms with van der Waals surface area (Å²) in [4.78, 5) is 28.0. The summed E-state index contributed by atoms with van der Waals surface area (Å²) in [5.41, 5.74) is 1.66. The number of halogens is 1. The van der Waals surface area contributed by atoms with E-state index in [0.29, 0.717) is 37.6 Å². The van der Waals surface area contributed by atoms with Crippen LogP contribution in [0.1, 0.15) is 11.6 Å². The van der Waals surface area contributed by atoms with Gasteiger partial charge in [0.25, 0.3) is 0 Å². The van der Waals surface area contributed by atoms with E-state index >= 15 is 4.39 Å². The molecular weight excluding hydrogens is 425 g/mol. The minimum absolute atomic E-state index is 0.0649. The van der Waals surface area contributed by atoms with Gasteiger partial charge < -0.3 is 25.0 Å². The number of carbonyl (C=O) groups excluding carboxylic acids is 1. The number of hydrogen-bond acceptors (Lipinski definition) is 6. The molecule has 3 unspecified atom stereocenters. The molecule has 168 valence electrons. The minimum Gasteiger partial charge on any atom is -0.478 e. The van der Waals surface area contributed by atoms with Crippen LogP contribution in [0.25, 0.3) is 0 Å². The molecule has 0 saturated carbocycles. The van der Waals surface area contributed by atoms with Crippen LogP contribution < -0.4 is 5.32 Å². The zero-order valence-corrected chi connectivity index (χ0v) is 17.7. The van der Waals surface area contributed by atoms with Crippen molar-refractivity contribution in [1.82, 2.24) is 15.1 Å². The van der Waals surface area contributed by atoms with Gasteiger partial charge >= 0.3 is 5.97 Å².